The molecule has 0 bridgehead atoms. The molecule has 0 saturated carbocycles. The van der Waals surface area contributed by atoms with E-state index in [0.29, 0.717) is 12.0 Å². The van der Waals surface area contributed by atoms with Crippen LogP contribution in [0.2, 0.25) is 0 Å². The van der Waals surface area contributed by atoms with Crippen LogP contribution < -0.4 is 0 Å². The van der Waals surface area contributed by atoms with Crippen LogP contribution in [-0.2, 0) is 0 Å². The maximum atomic E-state index is 12.9. The Morgan fingerprint density at radius 2 is 1.96 bits per heavy atom. The summed E-state index contributed by atoms with van der Waals surface area (Å²) in [7, 11) is 0. The van der Waals surface area contributed by atoms with Crippen LogP contribution in [0, 0.1) is 13.8 Å². The second kappa shape index (κ2) is 6.18. The summed E-state index contributed by atoms with van der Waals surface area (Å²) in [6.45, 7) is 4.05. The number of hydrogen-bond acceptors (Lipinski definition) is 3. The van der Waals surface area contributed by atoms with Crippen LogP contribution in [0.25, 0.3) is 5.69 Å². The lowest BCUT2D eigenvalue weighted by atomic mass is 10.2. The van der Waals surface area contributed by atoms with Crippen LogP contribution in [0.3, 0.4) is 0 Å². The number of aryl methyl sites for hydroxylation is 1. The Labute approximate surface area is 135 Å². The van der Waals surface area contributed by atoms with Crippen LogP contribution in [0.5, 0.6) is 0 Å². The van der Waals surface area contributed by atoms with E-state index < -0.39 is 6.10 Å². The van der Waals surface area contributed by atoms with Crippen molar-refractivity contribution < 1.29 is 15.0 Å². The molecule has 0 unspecified atom stereocenters. The van der Waals surface area contributed by atoms with Crippen LogP contribution in [0.1, 0.15) is 28.2 Å². The van der Waals surface area contributed by atoms with Gasteiger partial charge in [0.1, 0.15) is 0 Å². The summed E-state index contributed by atoms with van der Waals surface area (Å²) >= 11 is 0. The van der Waals surface area contributed by atoms with Crippen molar-refractivity contribution in [2.45, 2.75) is 32.4 Å². The minimum atomic E-state index is -0.561. The Kier molecular flexibility index (Phi) is 4.24. The molecule has 1 aromatic heterocycles. The molecule has 2 atom stereocenters. The van der Waals surface area contributed by atoms with Gasteiger partial charge in [-0.1, -0.05) is 18.2 Å². The fourth-order valence-electron chi connectivity index (χ4n) is 3.42. The SMILES string of the molecule is Cc1cc(C(=O)N2C[C@@H](O)C[C@@H]2CO)c(C)n1-c1ccccc1. The summed E-state index contributed by atoms with van der Waals surface area (Å²) in [5, 5.41) is 19.2. The third kappa shape index (κ3) is 2.78. The highest BCUT2D eigenvalue weighted by molar-refractivity contribution is 5.96. The third-order valence-electron chi connectivity index (χ3n) is 4.54. The molecule has 2 heterocycles. The molecule has 2 N–H and O–H groups in total. The molecular weight excluding hydrogens is 292 g/mol. The second-order valence-electron chi connectivity index (χ2n) is 6.14. The number of benzene rings is 1. The topological polar surface area (TPSA) is 65.7 Å². The summed E-state index contributed by atoms with van der Waals surface area (Å²) in [5.74, 6) is -0.129. The molecule has 1 aliphatic heterocycles. The second-order valence-corrected chi connectivity index (χ2v) is 6.14. The molecule has 0 spiro atoms. The molecule has 1 amide bonds. The highest BCUT2D eigenvalue weighted by Crippen LogP contribution is 2.25. The lowest BCUT2D eigenvalue weighted by Gasteiger charge is -2.22. The van der Waals surface area contributed by atoms with E-state index in [4.69, 9.17) is 0 Å². The van der Waals surface area contributed by atoms with E-state index in [9.17, 15) is 15.0 Å². The first-order chi connectivity index (χ1) is 11.0. The number of β-amino-alcohol motifs (C(OH)–C–C–N with tert-alkyl or cyclic N) is 1. The highest BCUT2D eigenvalue weighted by atomic mass is 16.3. The average molecular weight is 314 g/mol. The molecular formula is C18H22N2O3. The number of rotatable bonds is 3. The zero-order valence-corrected chi connectivity index (χ0v) is 13.4. The van der Waals surface area contributed by atoms with Crippen molar-refractivity contribution in [2.75, 3.05) is 13.2 Å². The first-order valence-corrected chi connectivity index (χ1v) is 7.87. The summed E-state index contributed by atoms with van der Waals surface area (Å²) in [6, 6.07) is 11.5. The van der Waals surface area contributed by atoms with Gasteiger partial charge in [-0.15, -0.1) is 0 Å². The number of aromatic nitrogens is 1. The van der Waals surface area contributed by atoms with Gasteiger partial charge in [0.05, 0.1) is 24.3 Å². The van der Waals surface area contributed by atoms with Crippen molar-refractivity contribution in [3.8, 4) is 5.69 Å². The number of amides is 1. The number of carbonyl (C=O) groups excluding carboxylic acids is 1. The maximum Gasteiger partial charge on any atom is 0.256 e. The van der Waals surface area contributed by atoms with Gasteiger partial charge < -0.3 is 19.7 Å². The predicted molar refractivity (Wildman–Crippen MR) is 87.8 cm³/mol. The Balaban J connectivity index is 1.97. The Hall–Kier alpha value is -2.11. The van der Waals surface area contributed by atoms with E-state index in [1.165, 1.54) is 0 Å². The van der Waals surface area contributed by atoms with E-state index in [0.717, 1.165) is 17.1 Å². The first-order valence-electron chi connectivity index (χ1n) is 7.87. The molecule has 1 aromatic carbocycles. The van der Waals surface area contributed by atoms with E-state index in [1.807, 2.05) is 54.8 Å². The van der Waals surface area contributed by atoms with E-state index >= 15 is 0 Å². The van der Waals surface area contributed by atoms with Crippen LogP contribution in [0.4, 0.5) is 0 Å². The molecule has 122 valence electrons. The van der Waals surface area contributed by atoms with Gasteiger partial charge in [-0.2, -0.15) is 0 Å². The number of aliphatic hydroxyl groups excluding tert-OH is 2. The molecule has 0 aliphatic carbocycles. The highest BCUT2D eigenvalue weighted by Gasteiger charge is 2.35. The van der Waals surface area contributed by atoms with Gasteiger partial charge in [-0.25, -0.2) is 0 Å². The Morgan fingerprint density at radius 1 is 1.26 bits per heavy atom. The number of carbonyl (C=O) groups is 1. The normalized spacial score (nSPS) is 21.0. The van der Waals surface area contributed by atoms with E-state index in [2.05, 4.69) is 0 Å². The molecule has 5 nitrogen and oxygen atoms in total. The van der Waals surface area contributed by atoms with Crippen molar-refractivity contribution in [1.82, 2.24) is 9.47 Å². The van der Waals surface area contributed by atoms with Gasteiger partial charge in [0.2, 0.25) is 0 Å². The fourth-order valence-corrected chi connectivity index (χ4v) is 3.42. The Morgan fingerprint density at radius 3 is 2.61 bits per heavy atom. The average Bonchev–Trinajstić information content (AvgIpc) is 3.07. The molecule has 2 aromatic rings. The molecule has 1 saturated heterocycles. The molecule has 5 heteroatoms. The third-order valence-corrected chi connectivity index (χ3v) is 4.54. The number of aliphatic hydroxyl groups is 2. The minimum absolute atomic E-state index is 0.125. The molecule has 1 aliphatic rings. The summed E-state index contributed by atoms with van der Waals surface area (Å²) < 4.78 is 2.05. The smallest absolute Gasteiger partial charge is 0.256 e. The van der Waals surface area contributed by atoms with Gasteiger partial charge >= 0.3 is 0 Å². The minimum Gasteiger partial charge on any atom is -0.394 e. The molecule has 1 fully saturated rings. The van der Waals surface area contributed by atoms with Gasteiger partial charge in [-0.3, -0.25) is 4.79 Å². The van der Waals surface area contributed by atoms with Crippen molar-refractivity contribution >= 4 is 5.91 Å². The van der Waals surface area contributed by atoms with Gasteiger partial charge in [0, 0.05) is 23.6 Å². The summed E-state index contributed by atoms with van der Waals surface area (Å²) in [6.07, 6.45) is -0.131. The fraction of sp³-hybridized carbons (Fsp3) is 0.389. The monoisotopic (exact) mass is 314 g/mol. The zero-order valence-electron chi connectivity index (χ0n) is 13.4. The number of likely N-dealkylation sites (tertiary alicyclic amines) is 1. The number of para-hydroxylation sites is 1. The number of nitrogens with zero attached hydrogens (tertiary/aromatic N) is 2. The predicted octanol–water partition coefficient (Wildman–Crippen LogP) is 1.66. The van der Waals surface area contributed by atoms with Crippen LogP contribution in [0.15, 0.2) is 36.4 Å². The van der Waals surface area contributed by atoms with Gasteiger partial charge in [0.25, 0.3) is 5.91 Å². The van der Waals surface area contributed by atoms with Gasteiger partial charge in [0.15, 0.2) is 0 Å². The first kappa shape index (κ1) is 15.8. The van der Waals surface area contributed by atoms with Crippen LogP contribution in [-0.4, -0.2) is 50.9 Å². The maximum absolute atomic E-state index is 12.9. The van der Waals surface area contributed by atoms with E-state index in [1.54, 1.807) is 4.90 Å². The quantitative estimate of drug-likeness (QED) is 0.905. The molecule has 23 heavy (non-hydrogen) atoms. The van der Waals surface area contributed by atoms with Gasteiger partial charge in [-0.05, 0) is 38.5 Å². The Bertz CT molecular complexity index is 709. The lowest BCUT2D eigenvalue weighted by molar-refractivity contribution is 0.0664. The largest absolute Gasteiger partial charge is 0.394 e. The van der Waals surface area contributed by atoms with Crippen molar-refractivity contribution in [3.05, 3.63) is 53.3 Å². The van der Waals surface area contributed by atoms with Crippen molar-refractivity contribution in [1.29, 1.82) is 0 Å². The molecule has 0 radical (unpaired) electrons. The summed E-state index contributed by atoms with van der Waals surface area (Å²) in [4.78, 5) is 14.5. The zero-order chi connectivity index (χ0) is 16.6. The van der Waals surface area contributed by atoms with E-state index in [-0.39, 0.29) is 25.1 Å². The lowest BCUT2D eigenvalue weighted by Crippen LogP contribution is -2.38. The van der Waals surface area contributed by atoms with Crippen molar-refractivity contribution in [2.24, 2.45) is 0 Å². The summed E-state index contributed by atoms with van der Waals surface area (Å²) in [5.41, 5.74) is 3.50. The van der Waals surface area contributed by atoms with Crippen LogP contribution >= 0.6 is 0 Å². The molecule has 3 rings (SSSR count). The van der Waals surface area contributed by atoms with Crippen molar-refractivity contribution in [3.63, 3.8) is 0 Å². The standard InChI is InChI=1S/C18H22N2O3/c1-12-8-17(13(2)20(12)14-6-4-3-5-7-14)18(23)19-10-16(22)9-15(19)11-21/h3-8,15-16,21-22H,9-11H2,1-2H3/t15-,16+/m1/s1. The number of hydrogen-bond donors (Lipinski definition) is 2.